The highest BCUT2D eigenvalue weighted by atomic mass is 19.4. The molecule has 0 aromatic rings. The van der Waals surface area contributed by atoms with Crippen LogP contribution in [0.3, 0.4) is 0 Å². The standard InChI is InChI=1S/C8H12F3NO2/c9-8(10,11)6-5(14)4(13)3-12-7(6)1-2-7/h4-6,12-14H,1-3H2/t4-,5+,6-/m1/s1. The first-order chi connectivity index (χ1) is 6.37. The van der Waals surface area contributed by atoms with Gasteiger partial charge in [-0.1, -0.05) is 0 Å². The molecular formula is C8H12F3NO2. The van der Waals surface area contributed by atoms with Crippen LogP contribution in [0.1, 0.15) is 12.8 Å². The Morgan fingerprint density at radius 1 is 1.21 bits per heavy atom. The van der Waals surface area contributed by atoms with E-state index in [2.05, 4.69) is 5.32 Å². The molecule has 1 aliphatic carbocycles. The van der Waals surface area contributed by atoms with E-state index >= 15 is 0 Å². The van der Waals surface area contributed by atoms with Crippen molar-refractivity contribution in [2.75, 3.05) is 6.54 Å². The van der Waals surface area contributed by atoms with Crippen molar-refractivity contribution in [1.29, 1.82) is 0 Å². The first-order valence-electron chi connectivity index (χ1n) is 4.55. The lowest BCUT2D eigenvalue weighted by Crippen LogP contribution is -2.62. The maximum atomic E-state index is 12.6. The maximum Gasteiger partial charge on any atom is 0.396 e. The highest BCUT2D eigenvalue weighted by molar-refractivity contribution is 5.14. The number of alkyl halides is 3. The summed E-state index contributed by atoms with van der Waals surface area (Å²) >= 11 is 0. The number of hydrogen-bond acceptors (Lipinski definition) is 3. The fourth-order valence-electron chi connectivity index (χ4n) is 2.22. The van der Waals surface area contributed by atoms with Gasteiger partial charge in [0, 0.05) is 12.1 Å². The molecule has 1 aliphatic heterocycles. The zero-order chi connectivity index (χ0) is 10.6. The van der Waals surface area contributed by atoms with Gasteiger partial charge in [-0.25, -0.2) is 0 Å². The molecule has 6 heteroatoms. The fourth-order valence-corrected chi connectivity index (χ4v) is 2.22. The van der Waals surface area contributed by atoms with Crippen LogP contribution < -0.4 is 5.32 Å². The minimum atomic E-state index is -4.45. The van der Waals surface area contributed by atoms with E-state index in [1.165, 1.54) is 0 Å². The van der Waals surface area contributed by atoms with Crippen LogP contribution >= 0.6 is 0 Å². The van der Waals surface area contributed by atoms with E-state index in [-0.39, 0.29) is 6.54 Å². The molecule has 0 radical (unpaired) electrons. The fraction of sp³-hybridized carbons (Fsp3) is 1.00. The summed E-state index contributed by atoms with van der Waals surface area (Å²) in [6, 6.07) is 0. The van der Waals surface area contributed by atoms with Crippen molar-refractivity contribution in [1.82, 2.24) is 5.32 Å². The zero-order valence-electron chi connectivity index (χ0n) is 7.38. The largest absolute Gasteiger partial charge is 0.396 e. The Labute approximate surface area is 78.9 Å². The highest BCUT2D eigenvalue weighted by Crippen LogP contribution is 2.52. The number of nitrogens with one attached hydrogen (secondary N) is 1. The van der Waals surface area contributed by atoms with Crippen LogP contribution in [0.4, 0.5) is 13.2 Å². The minimum absolute atomic E-state index is 0.0355. The summed E-state index contributed by atoms with van der Waals surface area (Å²) < 4.78 is 37.8. The Balaban J connectivity index is 2.23. The van der Waals surface area contributed by atoms with E-state index in [1.807, 2.05) is 0 Å². The molecular weight excluding hydrogens is 199 g/mol. The molecule has 0 unspecified atom stereocenters. The third-order valence-corrected chi connectivity index (χ3v) is 3.14. The van der Waals surface area contributed by atoms with Gasteiger partial charge in [0.2, 0.25) is 0 Å². The van der Waals surface area contributed by atoms with E-state index in [0.29, 0.717) is 12.8 Å². The molecule has 0 aromatic heterocycles. The molecule has 1 heterocycles. The normalized spacial score (nSPS) is 41.4. The molecule has 2 fully saturated rings. The first kappa shape index (κ1) is 10.2. The lowest BCUT2D eigenvalue weighted by atomic mass is 9.84. The Morgan fingerprint density at radius 3 is 2.21 bits per heavy atom. The molecule has 14 heavy (non-hydrogen) atoms. The highest BCUT2D eigenvalue weighted by Gasteiger charge is 2.65. The van der Waals surface area contributed by atoms with Gasteiger partial charge in [-0.3, -0.25) is 0 Å². The molecule has 3 nitrogen and oxygen atoms in total. The number of hydrogen-bond donors (Lipinski definition) is 3. The topological polar surface area (TPSA) is 52.5 Å². The smallest absolute Gasteiger partial charge is 0.390 e. The molecule has 2 aliphatic rings. The molecule has 3 N–H and O–H groups in total. The van der Waals surface area contributed by atoms with Gasteiger partial charge in [0.15, 0.2) is 0 Å². The minimum Gasteiger partial charge on any atom is -0.390 e. The lowest BCUT2D eigenvalue weighted by Gasteiger charge is -2.40. The Kier molecular flexibility index (Phi) is 2.06. The summed E-state index contributed by atoms with van der Waals surface area (Å²) in [5.74, 6) is -1.83. The summed E-state index contributed by atoms with van der Waals surface area (Å²) in [6.45, 7) is 0.0355. The van der Waals surface area contributed by atoms with Crippen molar-refractivity contribution < 1.29 is 23.4 Å². The number of piperidine rings is 1. The van der Waals surface area contributed by atoms with Crippen LogP contribution in [0, 0.1) is 5.92 Å². The van der Waals surface area contributed by atoms with Crippen molar-refractivity contribution in [2.45, 2.75) is 36.8 Å². The number of rotatable bonds is 0. The van der Waals surface area contributed by atoms with Gasteiger partial charge in [-0.2, -0.15) is 13.2 Å². The molecule has 2 rings (SSSR count). The predicted molar refractivity (Wildman–Crippen MR) is 41.5 cm³/mol. The lowest BCUT2D eigenvalue weighted by molar-refractivity contribution is -0.233. The van der Waals surface area contributed by atoms with Gasteiger partial charge in [-0.05, 0) is 12.8 Å². The van der Waals surface area contributed by atoms with E-state index < -0.39 is 29.8 Å². The SMILES string of the molecule is O[C@H]1[C@H](O)CNC2(CC2)[C@@H]1C(F)(F)F. The van der Waals surface area contributed by atoms with Crippen molar-refractivity contribution in [3.05, 3.63) is 0 Å². The Hall–Kier alpha value is -0.330. The van der Waals surface area contributed by atoms with E-state index in [1.54, 1.807) is 0 Å². The van der Waals surface area contributed by atoms with Gasteiger partial charge < -0.3 is 15.5 Å². The van der Waals surface area contributed by atoms with Crippen molar-refractivity contribution in [3.63, 3.8) is 0 Å². The second-order valence-electron chi connectivity index (χ2n) is 4.11. The maximum absolute atomic E-state index is 12.6. The molecule has 0 aromatic carbocycles. The molecule has 1 saturated carbocycles. The van der Waals surface area contributed by atoms with Gasteiger partial charge in [0.1, 0.15) is 5.92 Å². The third-order valence-electron chi connectivity index (χ3n) is 3.14. The second kappa shape index (κ2) is 2.84. The Bertz CT molecular complexity index is 239. The number of β-amino-alcohol motifs (C(OH)–C–C–N with tert-alkyl or cyclic N) is 1. The second-order valence-corrected chi connectivity index (χ2v) is 4.11. The van der Waals surface area contributed by atoms with Crippen LogP contribution in [0.2, 0.25) is 0 Å². The van der Waals surface area contributed by atoms with Gasteiger partial charge in [-0.15, -0.1) is 0 Å². The summed E-state index contributed by atoms with van der Waals surface area (Å²) in [4.78, 5) is 0. The molecule has 0 bridgehead atoms. The van der Waals surface area contributed by atoms with Crippen molar-refractivity contribution in [3.8, 4) is 0 Å². The predicted octanol–water partition coefficient (Wildman–Crippen LogP) is 0.0225. The average molecular weight is 211 g/mol. The van der Waals surface area contributed by atoms with E-state index in [9.17, 15) is 18.3 Å². The van der Waals surface area contributed by atoms with Crippen molar-refractivity contribution in [2.24, 2.45) is 5.92 Å². The number of aliphatic hydroxyl groups is 2. The van der Waals surface area contributed by atoms with Gasteiger partial charge >= 0.3 is 6.18 Å². The van der Waals surface area contributed by atoms with Gasteiger partial charge in [0.05, 0.1) is 12.2 Å². The third kappa shape index (κ3) is 1.41. The van der Waals surface area contributed by atoms with Crippen LogP contribution in [0.25, 0.3) is 0 Å². The summed E-state index contributed by atoms with van der Waals surface area (Å²) in [7, 11) is 0. The summed E-state index contributed by atoms with van der Waals surface area (Å²) in [5, 5.41) is 21.2. The first-order valence-corrected chi connectivity index (χ1v) is 4.55. The monoisotopic (exact) mass is 211 g/mol. The van der Waals surface area contributed by atoms with Gasteiger partial charge in [0.25, 0.3) is 0 Å². The molecule has 3 atom stereocenters. The van der Waals surface area contributed by atoms with E-state index in [0.717, 1.165) is 0 Å². The summed E-state index contributed by atoms with van der Waals surface area (Å²) in [6.07, 6.45) is -6.64. The average Bonchev–Trinajstić information content (AvgIpc) is 2.77. The quantitative estimate of drug-likeness (QED) is 0.529. The molecule has 0 amide bonds. The molecule has 1 saturated heterocycles. The van der Waals surface area contributed by atoms with E-state index in [4.69, 9.17) is 5.11 Å². The van der Waals surface area contributed by atoms with Crippen LogP contribution in [-0.4, -0.2) is 40.7 Å². The molecule has 1 spiro atoms. The Morgan fingerprint density at radius 2 is 1.79 bits per heavy atom. The number of aliphatic hydroxyl groups excluding tert-OH is 2. The van der Waals surface area contributed by atoms with Crippen LogP contribution in [0.15, 0.2) is 0 Å². The van der Waals surface area contributed by atoms with Crippen LogP contribution in [0.5, 0.6) is 0 Å². The number of halogens is 3. The molecule has 82 valence electrons. The van der Waals surface area contributed by atoms with Crippen LogP contribution in [-0.2, 0) is 0 Å². The summed E-state index contributed by atoms with van der Waals surface area (Å²) in [5.41, 5.74) is -1.00. The van der Waals surface area contributed by atoms with Crippen molar-refractivity contribution >= 4 is 0 Å². The zero-order valence-corrected chi connectivity index (χ0v) is 7.38.